The molecule has 1 aliphatic rings. The normalized spacial score (nSPS) is 17.9. The maximum atomic E-state index is 13.2. The second-order valence-electron chi connectivity index (χ2n) is 7.93. The number of nitrogens with zero attached hydrogens (tertiary/aromatic N) is 3. The number of hydrogen-bond acceptors (Lipinski definition) is 5. The highest BCUT2D eigenvalue weighted by Gasteiger charge is 2.45. The average molecular weight is 443 g/mol. The van der Waals surface area contributed by atoms with Crippen LogP contribution in [0.2, 0.25) is 0 Å². The summed E-state index contributed by atoms with van der Waals surface area (Å²) in [5.74, 6) is -0.429. The van der Waals surface area contributed by atoms with Crippen molar-refractivity contribution in [3.63, 3.8) is 0 Å². The minimum absolute atomic E-state index is 0.147. The fraction of sp³-hybridized carbons (Fsp3) is 0.231. The highest BCUT2D eigenvalue weighted by atomic mass is 16.5. The van der Waals surface area contributed by atoms with Crippen LogP contribution in [0.15, 0.2) is 86.0 Å². The Morgan fingerprint density at radius 2 is 1.82 bits per heavy atom. The van der Waals surface area contributed by atoms with E-state index in [9.17, 15) is 9.59 Å². The van der Waals surface area contributed by atoms with Crippen molar-refractivity contribution in [1.29, 1.82) is 0 Å². The van der Waals surface area contributed by atoms with Crippen molar-refractivity contribution in [3.8, 4) is 11.1 Å². The maximum Gasteiger partial charge on any atom is 0.255 e. The van der Waals surface area contributed by atoms with Crippen LogP contribution in [0.25, 0.3) is 11.1 Å². The van der Waals surface area contributed by atoms with Crippen LogP contribution in [0, 0.1) is 0 Å². The number of pyridine rings is 2. The SMILES string of the molecule is C=CCNC(=O)[C@]1(Cc2ccc(-c3cccnc3)cc2)CN(C(=O)c2cccnc2)CCO1. The average Bonchev–Trinajstić information content (AvgIpc) is 2.88. The molecular weight excluding hydrogens is 416 g/mol. The van der Waals surface area contributed by atoms with Gasteiger partial charge in [-0.1, -0.05) is 36.4 Å². The first-order chi connectivity index (χ1) is 16.1. The Hall–Kier alpha value is -3.84. The lowest BCUT2D eigenvalue weighted by Gasteiger charge is -2.41. The largest absolute Gasteiger partial charge is 0.361 e. The van der Waals surface area contributed by atoms with Crippen LogP contribution in [-0.2, 0) is 16.0 Å². The van der Waals surface area contributed by atoms with Gasteiger partial charge in [0.1, 0.15) is 0 Å². The molecule has 0 radical (unpaired) electrons. The van der Waals surface area contributed by atoms with Crippen LogP contribution in [0.1, 0.15) is 15.9 Å². The topological polar surface area (TPSA) is 84.4 Å². The molecular formula is C26H26N4O3. The molecule has 1 aromatic carbocycles. The van der Waals surface area contributed by atoms with Crippen molar-refractivity contribution in [3.05, 3.63) is 97.1 Å². The van der Waals surface area contributed by atoms with Gasteiger partial charge in [-0.2, -0.15) is 0 Å². The van der Waals surface area contributed by atoms with E-state index in [1.54, 1.807) is 35.5 Å². The number of rotatable bonds is 7. The molecule has 7 heteroatoms. The van der Waals surface area contributed by atoms with Gasteiger partial charge in [-0.05, 0) is 34.9 Å². The first-order valence-electron chi connectivity index (χ1n) is 10.8. The summed E-state index contributed by atoms with van der Waals surface area (Å²) in [6.07, 6.45) is 8.66. The lowest BCUT2D eigenvalue weighted by Crippen LogP contribution is -2.62. The number of nitrogens with one attached hydrogen (secondary N) is 1. The maximum absolute atomic E-state index is 13.2. The molecule has 7 nitrogen and oxygen atoms in total. The van der Waals surface area contributed by atoms with Gasteiger partial charge in [-0.15, -0.1) is 6.58 Å². The molecule has 3 heterocycles. The molecule has 1 saturated heterocycles. The Bertz CT molecular complexity index is 1100. The zero-order chi connectivity index (χ0) is 23.1. The Morgan fingerprint density at radius 3 is 2.48 bits per heavy atom. The van der Waals surface area contributed by atoms with E-state index < -0.39 is 5.60 Å². The molecule has 0 aliphatic carbocycles. The van der Waals surface area contributed by atoms with Gasteiger partial charge in [0.2, 0.25) is 0 Å². The summed E-state index contributed by atoms with van der Waals surface area (Å²) < 4.78 is 6.09. The van der Waals surface area contributed by atoms with E-state index in [1.807, 2.05) is 42.6 Å². The number of carbonyl (C=O) groups is 2. The number of carbonyl (C=O) groups excluding carboxylic acids is 2. The van der Waals surface area contributed by atoms with E-state index in [0.717, 1.165) is 16.7 Å². The first-order valence-corrected chi connectivity index (χ1v) is 10.8. The predicted molar refractivity (Wildman–Crippen MR) is 125 cm³/mol. The Kier molecular flexibility index (Phi) is 6.90. The summed E-state index contributed by atoms with van der Waals surface area (Å²) >= 11 is 0. The summed E-state index contributed by atoms with van der Waals surface area (Å²) in [4.78, 5) is 36.2. The van der Waals surface area contributed by atoms with Gasteiger partial charge in [0.15, 0.2) is 5.60 Å². The molecule has 2 amide bonds. The third-order valence-corrected chi connectivity index (χ3v) is 5.64. The zero-order valence-corrected chi connectivity index (χ0v) is 18.3. The lowest BCUT2D eigenvalue weighted by atomic mass is 9.90. The molecule has 1 fully saturated rings. The van der Waals surface area contributed by atoms with E-state index in [1.165, 1.54) is 6.20 Å². The molecule has 0 spiro atoms. The van der Waals surface area contributed by atoms with Crippen LogP contribution >= 0.6 is 0 Å². The monoisotopic (exact) mass is 442 g/mol. The van der Waals surface area contributed by atoms with Crippen LogP contribution in [-0.4, -0.2) is 58.5 Å². The van der Waals surface area contributed by atoms with E-state index >= 15 is 0 Å². The number of hydrogen-bond donors (Lipinski definition) is 1. The minimum atomic E-state index is -1.20. The number of benzene rings is 1. The molecule has 1 N–H and O–H groups in total. The highest BCUT2D eigenvalue weighted by molar-refractivity contribution is 5.95. The van der Waals surface area contributed by atoms with Gasteiger partial charge in [0.25, 0.3) is 11.8 Å². The molecule has 168 valence electrons. The highest BCUT2D eigenvalue weighted by Crippen LogP contribution is 2.27. The first kappa shape index (κ1) is 22.4. The Labute approximate surface area is 193 Å². The summed E-state index contributed by atoms with van der Waals surface area (Å²) in [6, 6.07) is 15.3. The molecule has 1 aliphatic heterocycles. The van der Waals surface area contributed by atoms with Gasteiger partial charge >= 0.3 is 0 Å². The van der Waals surface area contributed by atoms with Crippen molar-refractivity contribution in [2.24, 2.45) is 0 Å². The quantitative estimate of drug-likeness (QED) is 0.569. The minimum Gasteiger partial charge on any atom is -0.361 e. The van der Waals surface area contributed by atoms with Gasteiger partial charge in [-0.25, -0.2) is 0 Å². The van der Waals surface area contributed by atoms with E-state index in [0.29, 0.717) is 25.1 Å². The number of ether oxygens (including phenoxy) is 1. The van der Waals surface area contributed by atoms with E-state index in [-0.39, 0.29) is 25.0 Å². The summed E-state index contributed by atoms with van der Waals surface area (Å²) in [6.45, 7) is 4.81. The molecule has 33 heavy (non-hydrogen) atoms. The number of amides is 2. The zero-order valence-electron chi connectivity index (χ0n) is 18.3. The molecule has 0 saturated carbocycles. The Morgan fingerprint density at radius 1 is 1.06 bits per heavy atom. The molecule has 0 unspecified atom stereocenters. The predicted octanol–water partition coefficient (Wildman–Crippen LogP) is 2.90. The molecule has 2 aromatic heterocycles. The van der Waals surface area contributed by atoms with Crippen LogP contribution in [0.3, 0.4) is 0 Å². The van der Waals surface area contributed by atoms with Crippen molar-refractivity contribution >= 4 is 11.8 Å². The summed E-state index contributed by atoms with van der Waals surface area (Å²) in [7, 11) is 0. The molecule has 3 aromatic rings. The third-order valence-electron chi connectivity index (χ3n) is 5.64. The second kappa shape index (κ2) is 10.2. The standard InChI is InChI=1S/C26H26N4O3/c1-2-11-29-25(32)26(16-20-7-9-21(10-8-20)22-5-3-12-27-17-22)19-30(14-15-33-26)24(31)23-6-4-13-28-18-23/h2-10,12-13,17-18H,1,11,14-16,19H2,(H,29,32)/t26-/m0/s1. The molecule has 1 atom stereocenters. The van der Waals surface area contributed by atoms with Crippen LogP contribution in [0.5, 0.6) is 0 Å². The summed E-state index contributed by atoms with van der Waals surface area (Å²) in [5.41, 5.74) is 2.28. The lowest BCUT2D eigenvalue weighted by molar-refractivity contribution is -0.157. The van der Waals surface area contributed by atoms with Crippen molar-refractivity contribution < 1.29 is 14.3 Å². The molecule has 0 bridgehead atoms. The van der Waals surface area contributed by atoms with Crippen molar-refractivity contribution in [2.45, 2.75) is 12.0 Å². The second-order valence-corrected chi connectivity index (χ2v) is 7.93. The van der Waals surface area contributed by atoms with Gasteiger partial charge in [-0.3, -0.25) is 19.6 Å². The fourth-order valence-electron chi connectivity index (χ4n) is 3.96. The fourth-order valence-corrected chi connectivity index (χ4v) is 3.96. The van der Waals surface area contributed by atoms with Crippen LogP contribution in [0.4, 0.5) is 0 Å². The van der Waals surface area contributed by atoms with Gasteiger partial charge in [0.05, 0.1) is 18.7 Å². The Balaban J connectivity index is 1.58. The third kappa shape index (κ3) is 5.15. The number of morpholine rings is 1. The smallest absolute Gasteiger partial charge is 0.255 e. The molecule has 4 rings (SSSR count). The van der Waals surface area contributed by atoms with E-state index in [4.69, 9.17) is 4.74 Å². The van der Waals surface area contributed by atoms with E-state index in [2.05, 4.69) is 21.9 Å². The van der Waals surface area contributed by atoms with Crippen molar-refractivity contribution in [2.75, 3.05) is 26.2 Å². The van der Waals surface area contributed by atoms with Crippen LogP contribution < -0.4 is 5.32 Å². The van der Waals surface area contributed by atoms with Gasteiger partial charge in [0, 0.05) is 44.3 Å². The summed E-state index contributed by atoms with van der Waals surface area (Å²) in [5, 5.41) is 2.86. The van der Waals surface area contributed by atoms with Gasteiger partial charge < -0.3 is 15.0 Å². The van der Waals surface area contributed by atoms with Crippen molar-refractivity contribution in [1.82, 2.24) is 20.2 Å². The number of aromatic nitrogens is 2.